The fraction of sp³-hybridized carbons (Fsp3) is 0.182. The summed E-state index contributed by atoms with van der Waals surface area (Å²) in [5.41, 5.74) is 6.74. The molecule has 0 aliphatic rings. The third-order valence-electron chi connectivity index (χ3n) is 2.53. The number of hydrogen-bond acceptors (Lipinski definition) is 5. The molecule has 0 atom stereocenters. The topological polar surface area (TPSA) is 103 Å². The number of nitrogens with two attached hydrogens (primary N) is 1. The van der Waals surface area contributed by atoms with Gasteiger partial charge in [0.15, 0.2) is 0 Å². The Hall–Kier alpha value is -2.00. The van der Waals surface area contributed by atoms with Crippen molar-refractivity contribution in [3.63, 3.8) is 0 Å². The number of anilines is 1. The number of hydrogen-bond donors (Lipinski definition) is 2. The number of thiocarbonyl (C=S) groups is 1. The second-order valence-electron chi connectivity index (χ2n) is 4.13. The SMILES string of the molecule is Cn1ncnc1NS(=O)(=O)Cc1cccc(C(N)=S)c1. The molecule has 0 amide bonds. The van der Waals surface area contributed by atoms with E-state index in [0.717, 1.165) is 0 Å². The Morgan fingerprint density at radius 2 is 2.25 bits per heavy atom. The number of nitrogens with one attached hydrogen (secondary N) is 1. The summed E-state index contributed by atoms with van der Waals surface area (Å²) in [5.74, 6) is -0.0356. The van der Waals surface area contributed by atoms with Crippen LogP contribution in [0.4, 0.5) is 5.95 Å². The van der Waals surface area contributed by atoms with Gasteiger partial charge in [-0.2, -0.15) is 10.1 Å². The zero-order valence-corrected chi connectivity index (χ0v) is 12.3. The van der Waals surface area contributed by atoms with Crippen molar-refractivity contribution in [2.75, 3.05) is 4.72 Å². The largest absolute Gasteiger partial charge is 0.389 e. The van der Waals surface area contributed by atoms with E-state index in [1.807, 2.05) is 0 Å². The lowest BCUT2D eigenvalue weighted by molar-refractivity contribution is 0.599. The second-order valence-corrected chi connectivity index (χ2v) is 6.30. The van der Waals surface area contributed by atoms with Gasteiger partial charge in [0, 0.05) is 12.6 Å². The Morgan fingerprint density at radius 1 is 1.50 bits per heavy atom. The molecule has 0 aliphatic heterocycles. The Kier molecular flexibility index (Phi) is 4.00. The molecule has 106 valence electrons. The summed E-state index contributed by atoms with van der Waals surface area (Å²) in [5, 5.41) is 3.79. The summed E-state index contributed by atoms with van der Waals surface area (Å²) >= 11 is 4.86. The maximum Gasteiger partial charge on any atom is 0.239 e. The highest BCUT2D eigenvalue weighted by molar-refractivity contribution is 7.91. The van der Waals surface area contributed by atoms with Crippen LogP contribution in [0.25, 0.3) is 0 Å². The Labute approximate surface area is 121 Å². The normalized spacial score (nSPS) is 11.2. The van der Waals surface area contributed by atoms with Gasteiger partial charge < -0.3 is 5.73 Å². The minimum Gasteiger partial charge on any atom is -0.389 e. The fourth-order valence-corrected chi connectivity index (χ4v) is 2.88. The van der Waals surface area contributed by atoms with Gasteiger partial charge in [-0.05, 0) is 11.6 Å². The van der Waals surface area contributed by atoms with Crippen LogP contribution in [-0.2, 0) is 22.8 Å². The molecule has 0 bridgehead atoms. The average molecular weight is 311 g/mol. The van der Waals surface area contributed by atoms with Crippen LogP contribution >= 0.6 is 12.2 Å². The predicted octanol–water partition coefficient (Wildman–Crippen LogP) is 0.391. The Bertz CT molecular complexity index is 739. The maximum atomic E-state index is 12.0. The van der Waals surface area contributed by atoms with Crippen LogP contribution in [0.2, 0.25) is 0 Å². The van der Waals surface area contributed by atoms with E-state index < -0.39 is 10.0 Å². The first-order valence-electron chi connectivity index (χ1n) is 5.60. The standard InChI is InChI=1S/C11H13N5O2S2/c1-16-11(13-7-14-16)15-20(17,18)6-8-3-2-4-9(5-8)10(12)19/h2-5,7H,6H2,1H3,(H2,12,19)(H,13,14,15). The number of aromatic nitrogens is 3. The third-order valence-corrected chi connectivity index (χ3v) is 3.97. The molecule has 0 fully saturated rings. The molecule has 7 nitrogen and oxygen atoms in total. The van der Waals surface area contributed by atoms with Gasteiger partial charge in [0.25, 0.3) is 0 Å². The summed E-state index contributed by atoms with van der Waals surface area (Å²) in [6, 6.07) is 6.78. The number of rotatable bonds is 5. The van der Waals surface area contributed by atoms with Crippen LogP contribution < -0.4 is 10.5 Å². The number of sulfonamides is 1. The molecule has 0 spiro atoms. The molecule has 0 aliphatic carbocycles. The van der Waals surface area contributed by atoms with E-state index in [1.54, 1.807) is 31.3 Å². The molecular formula is C11H13N5O2S2. The van der Waals surface area contributed by atoms with Gasteiger partial charge in [-0.15, -0.1) is 0 Å². The maximum absolute atomic E-state index is 12.0. The fourth-order valence-electron chi connectivity index (χ4n) is 1.60. The highest BCUT2D eigenvalue weighted by atomic mass is 32.2. The molecule has 2 rings (SSSR count). The van der Waals surface area contributed by atoms with Crippen LogP contribution in [-0.4, -0.2) is 28.2 Å². The molecular weight excluding hydrogens is 298 g/mol. The predicted molar refractivity (Wildman–Crippen MR) is 79.6 cm³/mol. The molecule has 1 aromatic heterocycles. The molecule has 0 unspecified atom stereocenters. The van der Waals surface area contributed by atoms with E-state index in [9.17, 15) is 8.42 Å². The summed E-state index contributed by atoms with van der Waals surface area (Å²) in [7, 11) is -1.98. The molecule has 20 heavy (non-hydrogen) atoms. The number of nitrogens with zero attached hydrogens (tertiary/aromatic N) is 3. The molecule has 1 aromatic carbocycles. The molecule has 0 saturated carbocycles. The zero-order valence-electron chi connectivity index (χ0n) is 10.6. The van der Waals surface area contributed by atoms with E-state index in [-0.39, 0.29) is 16.7 Å². The van der Waals surface area contributed by atoms with Crippen LogP contribution in [0.15, 0.2) is 30.6 Å². The van der Waals surface area contributed by atoms with Crippen molar-refractivity contribution in [2.45, 2.75) is 5.75 Å². The highest BCUT2D eigenvalue weighted by Crippen LogP contribution is 2.11. The van der Waals surface area contributed by atoms with E-state index in [0.29, 0.717) is 11.1 Å². The highest BCUT2D eigenvalue weighted by Gasteiger charge is 2.15. The molecule has 0 radical (unpaired) electrons. The van der Waals surface area contributed by atoms with Crippen molar-refractivity contribution in [1.29, 1.82) is 0 Å². The molecule has 9 heteroatoms. The van der Waals surface area contributed by atoms with E-state index in [2.05, 4.69) is 14.8 Å². The van der Waals surface area contributed by atoms with Crippen molar-refractivity contribution in [3.05, 3.63) is 41.7 Å². The number of benzene rings is 1. The van der Waals surface area contributed by atoms with E-state index in [4.69, 9.17) is 18.0 Å². The van der Waals surface area contributed by atoms with Crippen molar-refractivity contribution >= 4 is 33.2 Å². The van der Waals surface area contributed by atoms with Crippen LogP contribution in [0.1, 0.15) is 11.1 Å². The van der Waals surface area contributed by atoms with Crippen LogP contribution in [0, 0.1) is 0 Å². The average Bonchev–Trinajstić information content (AvgIpc) is 2.74. The van der Waals surface area contributed by atoms with E-state index >= 15 is 0 Å². The first-order valence-corrected chi connectivity index (χ1v) is 7.67. The zero-order chi connectivity index (χ0) is 14.8. The quantitative estimate of drug-likeness (QED) is 0.774. The van der Waals surface area contributed by atoms with Gasteiger partial charge in [0.05, 0.1) is 5.75 Å². The monoisotopic (exact) mass is 311 g/mol. The minimum absolute atomic E-state index is 0.163. The lowest BCUT2D eigenvalue weighted by Gasteiger charge is -2.08. The molecule has 2 aromatic rings. The van der Waals surface area contributed by atoms with Crippen molar-refractivity contribution < 1.29 is 8.42 Å². The van der Waals surface area contributed by atoms with Gasteiger partial charge in [-0.1, -0.05) is 30.4 Å². The summed E-state index contributed by atoms with van der Waals surface area (Å²) in [4.78, 5) is 4.04. The molecule has 3 N–H and O–H groups in total. The Balaban J connectivity index is 2.18. The smallest absolute Gasteiger partial charge is 0.239 e. The van der Waals surface area contributed by atoms with Gasteiger partial charge in [0.2, 0.25) is 16.0 Å². The van der Waals surface area contributed by atoms with Crippen molar-refractivity contribution in [3.8, 4) is 0 Å². The van der Waals surface area contributed by atoms with Gasteiger partial charge in [-0.25, -0.2) is 13.1 Å². The number of aryl methyl sites for hydroxylation is 1. The molecule has 0 saturated heterocycles. The summed E-state index contributed by atoms with van der Waals surface area (Å²) in [6.45, 7) is 0. The minimum atomic E-state index is -3.58. The lowest BCUT2D eigenvalue weighted by atomic mass is 10.1. The van der Waals surface area contributed by atoms with Crippen LogP contribution in [0.5, 0.6) is 0 Å². The van der Waals surface area contributed by atoms with Gasteiger partial charge in [-0.3, -0.25) is 4.72 Å². The third kappa shape index (κ3) is 3.52. The van der Waals surface area contributed by atoms with Gasteiger partial charge in [0.1, 0.15) is 11.3 Å². The molecule has 1 heterocycles. The van der Waals surface area contributed by atoms with Crippen LogP contribution in [0.3, 0.4) is 0 Å². The lowest BCUT2D eigenvalue weighted by Crippen LogP contribution is -2.18. The first kappa shape index (κ1) is 14.4. The summed E-state index contributed by atoms with van der Waals surface area (Å²) in [6.07, 6.45) is 1.27. The second kappa shape index (κ2) is 5.55. The summed E-state index contributed by atoms with van der Waals surface area (Å²) < 4.78 is 27.8. The van der Waals surface area contributed by atoms with E-state index in [1.165, 1.54) is 11.0 Å². The van der Waals surface area contributed by atoms with Crippen molar-refractivity contribution in [1.82, 2.24) is 14.8 Å². The Morgan fingerprint density at radius 3 is 2.85 bits per heavy atom. The van der Waals surface area contributed by atoms with Crippen molar-refractivity contribution in [2.24, 2.45) is 12.8 Å². The first-order chi connectivity index (χ1) is 9.37. The van der Waals surface area contributed by atoms with Gasteiger partial charge >= 0.3 is 0 Å².